The summed E-state index contributed by atoms with van der Waals surface area (Å²) in [5.74, 6) is 0.310. The smallest absolute Gasteiger partial charge is 0.174 e. The first kappa shape index (κ1) is 15.1. The highest BCUT2D eigenvalue weighted by Gasteiger charge is 2.09. The molecule has 0 radical (unpaired) electrons. The van der Waals surface area contributed by atoms with Gasteiger partial charge < -0.3 is 0 Å². The molecule has 122 valence electrons. The lowest BCUT2D eigenvalue weighted by molar-refractivity contribution is 0.626. The van der Waals surface area contributed by atoms with Gasteiger partial charge in [0.25, 0.3) is 0 Å². The fourth-order valence-corrected chi connectivity index (χ4v) is 2.62. The standard InChI is InChI=1S/C19H14FN5/c20-17-10-15(8-14-4-3-6-21-12-14)9-16(11-17)18-13-23-25(24-18)19-5-1-2-7-22-19/h1-7,9-13H,8H2. The van der Waals surface area contributed by atoms with Crippen LogP contribution in [0, 0.1) is 5.82 Å². The van der Waals surface area contributed by atoms with Gasteiger partial charge in [0.2, 0.25) is 0 Å². The van der Waals surface area contributed by atoms with Gasteiger partial charge >= 0.3 is 0 Å². The van der Waals surface area contributed by atoms with Crippen LogP contribution in [0.25, 0.3) is 17.1 Å². The van der Waals surface area contributed by atoms with Crippen molar-refractivity contribution in [2.45, 2.75) is 6.42 Å². The molecule has 0 spiro atoms. The Morgan fingerprint density at radius 1 is 0.920 bits per heavy atom. The second kappa shape index (κ2) is 6.60. The quantitative estimate of drug-likeness (QED) is 0.575. The molecule has 6 heteroatoms. The Morgan fingerprint density at radius 2 is 1.88 bits per heavy atom. The predicted octanol–water partition coefficient (Wildman–Crippen LogP) is 3.45. The minimum Gasteiger partial charge on any atom is -0.264 e. The van der Waals surface area contributed by atoms with E-state index in [1.165, 1.54) is 16.9 Å². The van der Waals surface area contributed by atoms with E-state index in [4.69, 9.17) is 0 Å². The Morgan fingerprint density at radius 3 is 2.68 bits per heavy atom. The minimum absolute atomic E-state index is 0.302. The van der Waals surface area contributed by atoms with Crippen LogP contribution in [0.2, 0.25) is 0 Å². The normalized spacial score (nSPS) is 10.8. The lowest BCUT2D eigenvalue weighted by atomic mass is 10.0. The van der Waals surface area contributed by atoms with Crippen molar-refractivity contribution in [3.8, 4) is 17.1 Å². The van der Waals surface area contributed by atoms with Crippen molar-refractivity contribution < 1.29 is 4.39 Å². The Labute approximate surface area is 143 Å². The van der Waals surface area contributed by atoms with Gasteiger partial charge in [-0.2, -0.15) is 5.10 Å². The molecule has 4 aromatic rings. The van der Waals surface area contributed by atoms with E-state index in [9.17, 15) is 4.39 Å². The summed E-state index contributed by atoms with van der Waals surface area (Å²) < 4.78 is 14.1. The number of halogens is 1. The molecule has 0 aliphatic carbocycles. The molecule has 1 aromatic carbocycles. The molecule has 0 aliphatic rings. The fourth-order valence-electron chi connectivity index (χ4n) is 2.62. The average molecular weight is 331 g/mol. The van der Waals surface area contributed by atoms with Crippen molar-refractivity contribution in [2.75, 3.05) is 0 Å². The molecule has 0 unspecified atom stereocenters. The highest BCUT2D eigenvalue weighted by molar-refractivity contribution is 5.59. The molecule has 0 saturated carbocycles. The topological polar surface area (TPSA) is 56.5 Å². The largest absolute Gasteiger partial charge is 0.264 e. The number of rotatable bonds is 4. The van der Waals surface area contributed by atoms with E-state index >= 15 is 0 Å². The average Bonchev–Trinajstić information content (AvgIpc) is 3.13. The van der Waals surface area contributed by atoms with Gasteiger partial charge in [0.15, 0.2) is 5.82 Å². The summed E-state index contributed by atoms with van der Waals surface area (Å²) >= 11 is 0. The number of aromatic nitrogens is 5. The first-order chi connectivity index (χ1) is 12.3. The molecule has 0 amide bonds. The van der Waals surface area contributed by atoms with Gasteiger partial charge in [-0.05, 0) is 53.9 Å². The molecule has 0 aliphatic heterocycles. The summed E-state index contributed by atoms with van der Waals surface area (Å²) in [6.45, 7) is 0. The third-order valence-electron chi connectivity index (χ3n) is 3.73. The van der Waals surface area contributed by atoms with Gasteiger partial charge in [-0.1, -0.05) is 12.1 Å². The first-order valence-electron chi connectivity index (χ1n) is 7.80. The van der Waals surface area contributed by atoms with Crippen LogP contribution in [0.5, 0.6) is 0 Å². The summed E-state index contributed by atoms with van der Waals surface area (Å²) in [6, 6.07) is 14.2. The molecule has 0 saturated heterocycles. The van der Waals surface area contributed by atoms with Crippen molar-refractivity contribution in [3.63, 3.8) is 0 Å². The minimum atomic E-state index is -0.302. The zero-order valence-corrected chi connectivity index (χ0v) is 13.2. The molecule has 0 fully saturated rings. The first-order valence-corrected chi connectivity index (χ1v) is 7.80. The molecule has 0 bridgehead atoms. The highest BCUT2D eigenvalue weighted by Crippen LogP contribution is 2.21. The second-order valence-electron chi connectivity index (χ2n) is 5.59. The molecule has 3 heterocycles. The van der Waals surface area contributed by atoms with Gasteiger partial charge in [0.05, 0.1) is 6.20 Å². The van der Waals surface area contributed by atoms with Crippen LogP contribution in [0.15, 0.2) is 73.3 Å². The van der Waals surface area contributed by atoms with Crippen LogP contribution >= 0.6 is 0 Å². The summed E-state index contributed by atoms with van der Waals surface area (Å²) in [4.78, 5) is 9.73. The van der Waals surface area contributed by atoms with Gasteiger partial charge in [0.1, 0.15) is 11.5 Å². The predicted molar refractivity (Wildman–Crippen MR) is 91.6 cm³/mol. The lowest BCUT2D eigenvalue weighted by Gasteiger charge is -2.05. The van der Waals surface area contributed by atoms with Crippen molar-refractivity contribution in [1.82, 2.24) is 25.0 Å². The van der Waals surface area contributed by atoms with E-state index in [0.29, 0.717) is 23.5 Å². The molecule has 3 aromatic heterocycles. The summed E-state index contributed by atoms with van der Waals surface area (Å²) in [5.41, 5.74) is 3.16. The van der Waals surface area contributed by atoms with Gasteiger partial charge in [-0.3, -0.25) is 4.98 Å². The van der Waals surface area contributed by atoms with E-state index in [-0.39, 0.29) is 5.82 Å². The van der Waals surface area contributed by atoms with Crippen molar-refractivity contribution in [1.29, 1.82) is 0 Å². The number of hydrogen-bond acceptors (Lipinski definition) is 4. The molecule has 4 rings (SSSR count). The molecule has 25 heavy (non-hydrogen) atoms. The second-order valence-corrected chi connectivity index (χ2v) is 5.59. The van der Waals surface area contributed by atoms with E-state index in [1.807, 2.05) is 36.4 Å². The monoisotopic (exact) mass is 331 g/mol. The van der Waals surface area contributed by atoms with Crippen molar-refractivity contribution in [3.05, 3.63) is 90.3 Å². The van der Waals surface area contributed by atoms with Crippen molar-refractivity contribution in [2.24, 2.45) is 0 Å². The van der Waals surface area contributed by atoms with Crippen LogP contribution in [0.1, 0.15) is 11.1 Å². The van der Waals surface area contributed by atoms with Gasteiger partial charge in [-0.15, -0.1) is 9.90 Å². The summed E-state index contributed by atoms with van der Waals surface area (Å²) in [5, 5.41) is 8.62. The molecule has 5 nitrogen and oxygen atoms in total. The third-order valence-corrected chi connectivity index (χ3v) is 3.73. The maximum atomic E-state index is 14.1. The third kappa shape index (κ3) is 3.42. The highest BCUT2D eigenvalue weighted by atomic mass is 19.1. The maximum absolute atomic E-state index is 14.1. The zero-order chi connectivity index (χ0) is 17.1. The van der Waals surface area contributed by atoms with Crippen LogP contribution in [-0.2, 0) is 6.42 Å². The number of nitrogens with zero attached hydrogens (tertiary/aromatic N) is 5. The Balaban J connectivity index is 1.66. The summed E-state index contributed by atoms with van der Waals surface area (Å²) in [7, 11) is 0. The zero-order valence-electron chi connectivity index (χ0n) is 13.2. The molecular formula is C19H14FN5. The lowest BCUT2D eigenvalue weighted by Crippen LogP contribution is -2.00. The van der Waals surface area contributed by atoms with Gasteiger partial charge in [-0.25, -0.2) is 9.37 Å². The summed E-state index contributed by atoms with van der Waals surface area (Å²) in [6.07, 6.45) is 7.38. The van der Waals surface area contributed by atoms with E-state index in [0.717, 1.165) is 11.1 Å². The SMILES string of the molecule is Fc1cc(Cc2cccnc2)cc(-c2cnn(-c3ccccn3)n2)c1. The Bertz CT molecular complexity index is 983. The van der Waals surface area contributed by atoms with E-state index in [2.05, 4.69) is 20.2 Å². The van der Waals surface area contributed by atoms with Crippen molar-refractivity contribution >= 4 is 0 Å². The fraction of sp³-hybridized carbons (Fsp3) is 0.0526. The van der Waals surface area contributed by atoms with E-state index in [1.54, 1.807) is 24.8 Å². The molecule has 0 atom stereocenters. The molecule has 0 N–H and O–H groups in total. The van der Waals surface area contributed by atoms with Crippen LogP contribution in [0.3, 0.4) is 0 Å². The van der Waals surface area contributed by atoms with Crippen LogP contribution < -0.4 is 0 Å². The van der Waals surface area contributed by atoms with Crippen LogP contribution in [-0.4, -0.2) is 25.0 Å². The number of pyridine rings is 2. The van der Waals surface area contributed by atoms with Crippen LogP contribution in [0.4, 0.5) is 4.39 Å². The van der Waals surface area contributed by atoms with Gasteiger partial charge in [0, 0.05) is 24.2 Å². The Kier molecular flexibility index (Phi) is 4.00. The molecular weight excluding hydrogens is 317 g/mol. The van der Waals surface area contributed by atoms with E-state index < -0.39 is 0 Å². The maximum Gasteiger partial charge on any atom is 0.174 e. The number of hydrogen-bond donors (Lipinski definition) is 0. The number of benzene rings is 1. The Hall–Kier alpha value is -3.41.